The highest BCUT2D eigenvalue weighted by Gasteiger charge is 2.38. The van der Waals surface area contributed by atoms with Crippen LogP contribution in [0.4, 0.5) is 0 Å². The Kier molecular flexibility index (Phi) is 14.3. The van der Waals surface area contributed by atoms with Gasteiger partial charge in [-0.3, -0.25) is 0 Å². The van der Waals surface area contributed by atoms with Gasteiger partial charge in [0.25, 0.3) is 0 Å². The second-order valence-electron chi connectivity index (χ2n) is 12.9. The van der Waals surface area contributed by atoms with Crippen molar-refractivity contribution in [3.05, 3.63) is 55.6 Å². The van der Waals surface area contributed by atoms with Gasteiger partial charge in [0.1, 0.15) is 11.5 Å². The summed E-state index contributed by atoms with van der Waals surface area (Å²) in [5.41, 5.74) is 13.2. The van der Waals surface area contributed by atoms with Gasteiger partial charge >= 0.3 is 0 Å². The van der Waals surface area contributed by atoms with Crippen molar-refractivity contribution in [2.45, 2.75) is 177 Å². The Morgan fingerprint density at radius 3 is 0.683 bits per heavy atom. The minimum absolute atomic E-state index is 0.235. The van der Waals surface area contributed by atoms with Gasteiger partial charge in [-0.2, -0.15) is 0 Å². The summed E-state index contributed by atoms with van der Waals surface area (Å²) in [6, 6.07) is 0. The second-order valence-corrected chi connectivity index (χ2v) is 12.9. The van der Waals surface area contributed by atoms with E-state index < -0.39 is 0 Å². The third-order valence-corrected chi connectivity index (χ3v) is 9.06. The summed E-state index contributed by atoms with van der Waals surface area (Å²) in [4.78, 5) is 0. The Balaban J connectivity index is 3.30. The lowest BCUT2D eigenvalue weighted by molar-refractivity contribution is 0.452. The van der Waals surface area contributed by atoms with Crippen LogP contribution in [0, 0.1) is 0 Å². The number of hydrogen-bond donors (Lipinski definition) is 2. The molecule has 0 heterocycles. The molecule has 2 heteroatoms. The Morgan fingerprint density at radius 1 is 0.341 bits per heavy atom. The van der Waals surface area contributed by atoms with Crippen LogP contribution in [-0.2, 0) is 56.8 Å². The van der Waals surface area contributed by atoms with Crippen LogP contribution in [-0.4, -0.2) is 10.2 Å². The van der Waals surface area contributed by atoms with Crippen molar-refractivity contribution < 1.29 is 10.2 Å². The molecule has 0 unspecified atom stereocenters. The summed E-state index contributed by atoms with van der Waals surface area (Å²) in [7, 11) is 0. The zero-order valence-corrected chi connectivity index (χ0v) is 28.7. The van der Waals surface area contributed by atoms with Gasteiger partial charge in [0.05, 0.1) is 0 Å². The zero-order valence-electron chi connectivity index (χ0n) is 28.7. The van der Waals surface area contributed by atoms with E-state index in [0.717, 1.165) is 103 Å². The molecular formula is C39H64O2. The molecule has 0 bridgehead atoms. The van der Waals surface area contributed by atoms with E-state index in [-0.39, 0.29) is 5.41 Å². The third-order valence-electron chi connectivity index (χ3n) is 9.06. The molecule has 0 aliphatic carbocycles. The van der Waals surface area contributed by atoms with Crippen LogP contribution in [0.25, 0.3) is 0 Å². The number of hydrogen-bond acceptors (Lipinski definition) is 2. The maximum Gasteiger partial charge on any atom is 0.122 e. The molecule has 232 valence electrons. The first-order chi connectivity index (χ1) is 19.7. The number of phenols is 2. The van der Waals surface area contributed by atoms with E-state index in [1.165, 1.54) is 55.6 Å². The summed E-state index contributed by atoms with van der Waals surface area (Å²) in [5.74, 6) is 1.18. The maximum atomic E-state index is 11.8. The molecule has 2 aromatic rings. The van der Waals surface area contributed by atoms with Gasteiger partial charge in [-0.25, -0.2) is 0 Å². The summed E-state index contributed by atoms with van der Waals surface area (Å²) in [6.45, 7) is 23.1. The zero-order chi connectivity index (χ0) is 30.7. The maximum absolute atomic E-state index is 11.8. The molecule has 0 radical (unpaired) electrons. The summed E-state index contributed by atoms with van der Waals surface area (Å²) in [5, 5.41) is 23.7. The topological polar surface area (TPSA) is 40.5 Å². The third kappa shape index (κ3) is 7.34. The standard InChI is InChI=1S/C39H64O2/c1-11-19-27-31(23-15-5)37(40)32(24-16-6)28(20-12-2)35(27)39(9,10)36-29(21-13-3)33(25-17-7)38(41)34(26-18-8)30(36)22-14-4/h40-41H,11-26H2,1-10H3. The fourth-order valence-electron chi connectivity index (χ4n) is 7.72. The van der Waals surface area contributed by atoms with Crippen molar-refractivity contribution in [1.82, 2.24) is 0 Å². The van der Waals surface area contributed by atoms with E-state index in [4.69, 9.17) is 0 Å². The van der Waals surface area contributed by atoms with E-state index >= 15 is 0 Å². The van der Waals surface area contributed by atoms with E-state index in [1.807, 2.05) is 0 Å². The van der Waals surface area contributed by atoms with Crippen LogP contribution >= 0.6 is 0 Å². The molecule has 2 nitrogen and oxygen atoms in total. The van der Waals surface area contributed by atoms with Gasteiger partial charge in [-0.15, -0.1) is 0 Å². The molecule has 0 saturated carbocycles. The van der Waals surface area contributed by atoms with Crippen LogP contribution in [0.3, 0.4) is 0 Å². The van der Waals surface area contributed by atoms with Gasteiger partial charge in [-0.1, -0.05) is 121 Å². The van der Waals surface area contributed by atoms with Crippen LogP contribution < -0.4 is 0 Å². The summed E-state index contributed by atoms with van der Waals surface area (Å²) >= 11 is 0. The molecule has 2 rings (SSSR count). The van der Waals surface area contributed by atoms with Gasteiger partial charge in [0.2, 0.25) is 0 Å². The normalized spacial score (nSPS) is 12.0. The fourth-order valence-corrected chi connectivity index (χ4v) is 7.72. The molecule has 0 fully saturated rings. The number of benzene rings is 2. The largest absolute Gasteiger partial charge is 0.507 e. The quantitative estimate of drug-likeness (QED) is 0.189. The van der Waals surface area contributed by atoms with Crippen LogP contribution in [0.15, 0.2) is 0 Å². The summed E-state index contributed by atoms with van der Waals surface area (Å²) < 4.78 is 0. The lowest BCUT2D eigenvalue weighted by atomic mass is 9.65. The molecule has 0 spiro atoms. The molecule has 0 saturated heterocycles. The van der Waals surface area contributed by atoms with Crippen molar-refractivity contribution in [3.63, 3.8) is 0 Å². The van der Waals surface area contributed by atoms with Crippen LogP contribution in [0.5, 0.6) is 11.5 Å². The lowest BCUT2D eigenvalue weighted by Gasteiger charge is -2.39. The molecule has 41 heavy (non-hydrogen) atoms. The van der Waals surface area contributed by atoms with Crippen molar-refractivity contribution >= 4 is 0 Å². The Bertz CT molecular complexity index is 960. The Labute approximate surface area is 254 Å². The van der Waals surface area contributed by atoms with Crippen LogP contribution in [0.1, 0.15) is 176 Å². The molecule has 2 aromatic carbocycles. The predicted molar refractivity (Wildman–Crippen MR) is 180 cm³/mol. The van der Waals surface area contributed by atoms with Gasteiger partial charge in [0.15, 0.2) is 0 Å². The van der Waals surface area contributed by atoms with Gasteiger partial charge in [0, 0.05) is 5.41 Å². The van der Waals surface area contributed by atoms with Crippen LogP contribution in [0.2, 0.25) is 0 Å². The molecule has 0 aliphatic heterocycles. The predicted octanol–water partition coefficient (Wildman–Crippen LogP) is 11.0. The Morgan fingerprint density at radius 2 is 0.512 bits per heavy atom. The summed E-state index contributed by atoms with van der Waals surface area (Å²) in [6.07, 6.45) is 16.1. The highest BCUT2D eigenvalue weighted by Crippen LogP contribution is 2.49. The first kappa shape index (κ1) is 35.2. The first-order valence-electron chi connectivity index (χ1n) is 17.4. The molecule has 0 aromatic heterocycles. The molecule has 0 amide bonds. The first-order valence-corrected chi connectivity index (χ1v) is 17.4. The molecular weight excluding hydrogens is 500 g/mol. The number of aromatic hydroxyl groups is 2. The molecule has 0 aliphatic rings. The van der Waals surface area contributed by atoms with Crippen molar-refractivity contribution in [2.24, 2.45) is 0 Å². The van der Waals surface area contributed by atoms with Crippen molar-refractivity contribution in [3.8, 4) is 11.5 Å². The second kappa shape index (κ2) is 16.6. The van der Waals surface area contributed by atoms with Gasteiger partial charge in [-0.05, 0) is 107 Å². The van der Waals surface area contributed by atoms with E-state index in [9.17, 15) is 10.2 Å². The smallest absolute Gasteiger partial charge is 0.122 e. The minimum atomic E-state index is -0.235. The monoisotopic (exact) mass is 564 g/mol. The van der Waals surface area contributed by atoms with E-state index in [1.54, 1.807) is 0 Å². The number of phenolic OH excluding ortho intramolecular Hbond substituents is 2. The minimum Gasteiger partial charge on any atom is -0.507 e. The highest BCUT2D eigenvalue weighted by molar-refractivity contribution is 5.65. The lowest BCUT2D eigenvalue weighted by Crippen LogP contribution is -2.30. The van der Waals surface area contributed by atoms with Crippen molar-refractivity contribution in [1.29, 1.82) is 0 Å². The van der Waals surface area contributed by atoms with E-state index in [0.29, 0.717) is 11.5 Å². The number of rotatable bonds is 18. The average molecular weight is 565 g/mol. The fraction of sp³-hybridized carbons (Fsp3) is 0.692. The molecule has 0 atom stereocenters. The Hall–Kier alpha value is -1.96. The van der Waals surface area contributed by atoms with Gasteiger partial charge < -0.3 is 10.2 Å². The van der Waals surface area contributed by atoms with Crippen molar-refractivity contribution in [2.75, 3.05) is 0 Å². The van der Waals surface area contributed by atoms with E-state index in [2.05, 4.69) is 69.2 Å². The average Bonchev–Trinajstić information content (AvgIpc) is 2.93. The SMILES string of the molecule is CCCc1c(O)c(CCC)c(CCC)c(C(C)(C)c2c(CCC)c(CCC)c(O)c(CCC)c2CCC)c1CCC. The highest BCUT2D eigenvalue weighted by atomic mass is 16.3. The molecule has 2 N–H and O–H groups in total.